The molecule has 0 aliphatic carbocycles. The summed E-state index contributed by atoms with van der Waals surface area (Å²) in [6.45, 7) is 4.26. The summed E-state index contributed by atoms with van der Waals surface area (Å²) < 4.78 is 0.815. The van der Waals surface area contributed by atoms with E-state index >= 15 is 0 Å². The van der Waals surface area contributed by atoms with Crippen LogP contribution < -0.4 is 0 Å². The fraction of sp³-hybridized carbons (Fsp3) is 0.800. The maximum Gasteiger partial charge on any atom is 0.0450 e. The lowest BCUT2D eigenvalue weighted by Gasteiger charge is -1.97. The van der Waals surface area contributed by atoms with Crippen LogP contribution in [0, 0.1) is 5.92 Å². The van der Waals surface area contributed by atoms with Gasteiger partial charge in [0.2, 0.25) is 0 Å². The van der Waals surface area contributed by atoms with Gasteiger partial charge in [-0.05, 0) is 12.3 Å². The van der Waals surface area contributed by atoms with Crippen LogP contribution in [0.15, 0.2) is 0 Å². The Balaban J connectivity index is 3.13. The molecule has 0 nitrogen and oxygen atoms in total. The molecule has 0 amide bonds. The summed E-state index contributed by atoms with van der Waals surface area (Å²) in [4.78, 5) is 0. The van der Waals surface area contributed by atoms with Gasteiger partial charge in [0, 0.05) is 4.20 Å². The van der Waals surface area contributed by atoms with Crippen LogP contribution in [0.25, 0.3) is 0 Å². The van der Waals surface area contributed by atoms with E-state index in [1.807, 2.05) is 0 Å². The van der Waals surface area contributed by atoms with Crippen LogP contribution in [-0.2, 0) is 0 Å². The number of thiocarbonyl (C=S) groups is 1. The molecule has 0 heterocycles. The third kappa shape index (κ3) is 6.44. The highest BCUT2D eigenvalue weighted by Gasteiger charge is 1.92. The number of rotatable bonds is 2. The molecule has 0 atom stereocenters. The van der Waals surface area contributed by atoms with Crippen molar-refractivity contribution in [3.63, 3.8) is 0 Å². The van der Waals surface area contributed by atoms with Crippen molar-refractivity contribution in [2.45, 2.75) is 20.3 Å². The van der Waals surface area contributed by atoms with E-state index in [1.165, 1.54) is 0 Å². The molecule has 0 aliphatic heterocycles. The smallest absolute Gasteiger partial charge is 0.0450 e. The van der Waals surface area contributed by atoms with Gasteiger partial charge in [-0.1, -0.05) is 26.1 Å². The molecule has 7 heavy (non-hydrogen) atoms. The molecule has 0 fully saturated rings. The minimum absolute atomic E-state index is 0.657. The molecule has 42 valence electrons. The molecule has 2 heteroatoms. The first-order valence-electron chi connectivity index (χ1n) is 2.34. The van der Waals surface area contributed by atoms with Gasteiger partial charge in [0.1, 0.15) is 0 Å². The van der Waals surface area contributed by atoms with E-state index in [4.69, 9.17) is 12.2 Å². The summed E-state index contributed by atoms with van der Waals surface area (Å²) in [5.41, 5.74) is 0. The molecule has 0 aromatic rings. The zero-order valence-electron chi connectivity index (χ0n) is 4.64. The maximum absolute atomic E-state index is 4.74. The van der Waals surface area contributed by atoms with E-state index in [9.17, 15) is 0 Å². The largest absolute Gasteiger partial charge is 0.136 e. The first kappa shape index (κ1) is 7.44. The third-order valence-corrected chi connectivity index (χ3v) is 0.932. The second kappa shape index (κ2) is 3.44. The summed E-state index contributed by atoms with van der Waals surface area (Å²) in [5, 5.41) is 0. The van der Waals surface area contributed by atoms with Crippen LogP contribution in [0.5, 0.6) is 0 Å². The molecular weight excluding hydrogens is 124 g/mol. The normalized spacial score (nSPS) is 9.71. The zero-order valence-corrected chi connectivity index (χ0v) is 6.35. The molecule has 0 aliphatic rings. The quantitative estimate of drug-likeness (QED) is 0.446. The van der Waals surface area contributed by atoms with Gasteiger partial charge < -0.3 is 0 Å². The van der Waals surface area contributed by atoms with Crippen LogP contribution in [-0.4, -0.2) is 4.20 Å². The van der Waals surface area contributed by atoms with Crippen LogP contribution in [0.1, 0.15) is 20.3 Å². The maximum atomic E-state index is 4.74. The first-order valence-corrected chi connectivity index (χ1v) is 3.20. The molecule has 0 saturated heterocycles. The topological polar surface area (TPSA) is 0 Å². The Kier molecular flexibility index (Phi) is 3.66. The Morgan fingerprint density at radius 2 is 2.14 bits per heavy atom. The molecule has 0 aromatic carbocycles. The van der Waals surface area contributed by atoms with Crippen molar-refractivity contribution in [2.24, 2.45) is 5.92 Å². The predicted octanol–water partition coefficient (Wildman–Crippen LogP) is 2.29. The third-order valence-electron chi connectivity index (χ3n) is 0.583. The minimum Gasteiger partial charge on any atom is -0.136 e. The number of hydrogen-bond acceptors (Lipinski definition) is 1. The standard InChI is InChI=1S/C5H10S2/c1-4(2)3-5(6)7/h4H,3H2,1-2H3,(H,6,7). The molecule has 0 aromatic heterocycles. The van der Waals surface area contributed by atoms with Crippen LogP contribution in [0.3, 0.4) is 0 Å². The lowest BCUT2D eigenvalue weighted by atomic mass is 10.2. The monoisotopic (exact) mass is 134 g/mol. The van der Waals surface area contributed by atoms with Crippen molar-refractivity contribution >= 4 is 29.0 Å². The van der Waals surface area contributed by atoms with Crippen molar-refractivity contribution in [2.75, 3.05) is 0 Å². The highest BCUT2D eigenvalue weighted by molar-refractivity contribution is 8.11. The van der Waals surface area contributed by atoms with Crippen molar-refractivity contribution < 1.29 is 0 Å². The summed E-state index contributed by atoms with van der Waals surface area (Å²) >= 11 is 8.70. The fourth-order valence-corrected chi connectivity index (χ4v) is 1.05. The second-order valence-electron chi connectivity index (χ2n) is 1.99. The average molecular weight is 134 g/mol. The van der Waals surface area contributed by atoms with E-state index in [2.05, 4.69) is 26.5 Å². The second-order valence-corrected chi connectivity index (χ2v) is 3.33. The number of hydrogen-bond donors (Lipinski definition) is 1. The SMILES string of the molecule is CC(C)CC(=S)S. The van der Waals surface area contributed by atoms with Crippen molar-refractivity contribution in [3.05, 3.63) is 0 Å². The van der Waals surface area contributed by atoms with Gasteiger partial charge in [0.25, 0.3) is 0 Å². The van der Waals surface area contributed by atoms with Crippen molar-refractivity contribution in [1.29, 1.82) is 0 Å². The Bertz CT molecular complexity index is 66.5. The van der Waals surface area contributed by atoms with Gasteiger partial charge in [-0.2, -0.15) is 0 Å². The predicted molar refractivity (Wildman–Crippen MR) is 41.0 cm³/mol. The van der Waals surface area contributed by atoms with Crippen molar-refractivity contribution in [3.8, 4) is 0 Å². The van der Waals surface area contributed by atoms with E-state index < -0.39 is 0 Å². The van der Waals surface area contributed by atoms with Gasteiger partial charge in [-0.3, -0.25) is 0 Å². The Morgan fingerprint density at radius 1 is 1.71 bits per heavy atom. The first-order chi connectivity index (χ1) is 3.13. The summed E-state index contributed by atoms with van der Waals surface area (Å²) in [7, 11) is 0. The molecule has 0 N–H and O–H groups in total. The van der Waals surface area contributed by atoms with Crippen LogP contribution >= 0.6 is 24.8 Å². The van der Waals surface area contributed by atoms with E-state index in [0.717, 1.165) is 10.6 Å². The molecule has 0 rings (SSSR count). The molecule has 0 saturated carbocycles. The van der Waals surface area contributed by atoms with Gasteiger partial charge in [-0.25, -0.2) is 0 Å². The highest BCUT2D eigenvalue weighted by atomic mass is 32.1. The average Bonchev–Trinajstić information content (AvgIpc) is 1.27. The summed E-state index contributed by atoms with van der Waals surface area (Å²) in [6.07, 6.45) is 0.957. The Labute approximate surface area is 55.7 Å². The highest BCUT2D eigenvalue weighted by Crippen LogP contribution is 2.02. The van der Waals surface area contributed by atoms with Crippen molar-refractivity contribution in [1.82, 2.24) is 0 Å². The molecule has 0 bridgehead atoms. The minimum atomic E-state index is 0.657. The van der Waals surface area contributed by atoms with Gasteiger partial charge in [-0.15, -0.1) is 12.6 Å². The van der Waals surface area contributed by atoms with Crippen LogP contribution in [0.4, 0.5) is 0 Å². The molecule has 0 unspecified atom stereocenters. The van der Waals surface area contributed by atoms with Gasteiger partial charge in [0.05, 0.1) is 0 Å². The zero-order chi connectivity index (χ0) is 5.86. The lowest BCUT2D eigenvalue weighted by Crippen LogP contribution is -1.90. The molecule has 0 spiro atoms. The van der Waals surface area contributed by atoms with Crippen LogP contribution in [0.2, 0.25) is 0 Å². The van der Waals surface area contributed by atoms with E-state index in [1.54, 1.807) is 0 Å². The fourth-order valence-electron chi connectivity index (χ4n) is 0.349. The number of thiol groups is 1. The lowest BCUT2D eigenvalue weighted by molar-refractivity contribution is 0.692. The van der Waals surface area contributed by atoms with E-state index in [-0.39, 0.29) is 0 Å². The Hall–Kier alpha value is 0.440. The van der Waals surface area contributed by atoms with Gasteiger partial charge in [0.15, 0.2) is 0 Å². The molecule has 0 radical (unpaired) electrons. The van der Waals surface area contributed by atoms with Gasteiger partial charge >= 0.3 is 0 Å². The summed E-state index contributed by atoms with van der Waals surface area (Å²) in [5.74, 6) is 0.657. The molecular formula is C5H10S2. The Morgan fingerprint density at radius 3 is 2.14 bits per heavy atom. The summed E-state index contributed by atoms with van der Waals surface area (Å²) in [6, 6.07) is 0. The van der Waals surface area contributed by atoms with E-state index in [0.29, 0.717) is 5.92 Å².